The molecule has 0 N–H and O–H groups in total. The lowest BCUT2D eigenvalue weighted by Gasteiger charge is -2.15. The molecule has 34 heavy (non-hydrogen) atoms. The molecular weight excluding hydrogens is 442 g/mol. The summed E-state index contributed by atoms with van der Waals surface area (Å²) in [4.78, 5) is 14.9. The number of thioether (sulfide) groups is 1. The number of benzene rings is 3. The van der Waals surface area contributed by atoms with Gasteiger partial charge in [-0.15, -0.1) is 5.10 Å². The summed E-state index contributed by atoms with van der Waals surface area (Å²) in [5, 5.41) is 8.96. The molecule has 0 radical (unpaired) electrons. The number of carbonyl (C=O) groups excluding carboxylic acids is 1. The summed E-state index contributed by atoms with van der Waals surface area (Å²) < 4.78 is 5.90. The average Bonchev–Trinajstić information content (AvgIpc) is 3.45. The Morgan fingerprint density at radius 1 is 0.912 bits per heavy atom. The van der Waals surface area contributed by atoms with Crippen LogP contribution in [0.2, 0.25) is 0 Å². The molecule has 0 spiro atoms. The van der Waals surface area contributed by atoms with Gasteiger partial charge in [-0.05, 0) is 43.2 Å². The first-order valence-electron chi connectivity index (χ1n) is 11.0. The lowest BCUT2D eigenvalue weighted by Crippen LogP contribution is -2.32. The molecule has 6 heteroatoms. The molecule has 1 atom stereocenters. The first-order chi connectivity index (χ1) is 16.7. The number of furan rings is 1. The normalized spacial score (nSPS) is 17.2. The van der Waals surface area contributed by atoms with Crippen LogP contribution in [-0.2, 0) is 11.2 Å². The Kier molecular flexibility index (Phi) is 6.40. The summed E-state index contributed by atoms with van der Waals surface area (Å²) in [6.45, 7) is 2.05. The minimum atomic E-state index is -0.256. The van der Waals surface area contributed by atoms with Gasteiger partial charge in [0.1, 0.15) is 11.5 Å². The maximum absolute atomic E-state index is 13.3. The van der Waals surface area contributed by atoms with Crippen LogP contribution in [0.5, 0.6) is 0 Å². The molecule has 1 saturated heterocycles. The van der Waals surface area contributed by atoms with Crippen molar-refractivity contribution in [2.45, 2.75) is 18.6 Å². The van der Waals surface area contributed by atoms with Gasteiger partial charge in [0.25, 0.3) is 0 Å². The van der Waals surface area contributed by atoms with Crippen molar-refractivity contribution in [1.29, 1.82) is 0 Å². The van der Waals surface area contributed by atoms with Crippen LogP contribution in [0, 0.1) is 6.92 Å². The number of aryl methyl sites for hydroxylation is 1. The largest absolute Gasteiger partial charge is 0.455 e. The highest BCUT2D eigenvalue weighted by Crippen LogP contribution is 2.34. The molecule has 0 aliphatic carbocycles. The summed E-state index contributed by atoms with van der Waals surface area (Å²) in [6, 6.07) is 31.5. The van der Waals surface area contributed by atoms with E-state index in [1.807, 2.05) is 84.9 Å². The van der Waals surface area contributed by atoms with Crippen LogP contribution in [0.15, 0.2) is 112 Å². The van der Waals surface area contributed by atoms with Gasteiger partial charge in [0.15, 0.2) is 5.17 Å². The Hall–Kier alpha value is -3.90. The van der Waals surface area contributed by atoms with Crippen LogP contribution in [0.1, 0.15) is 16.9 Å². The SMILES string of the molecule is Cc1ccc(-c2ccc(C=NN=C3SC(Cc4ccccc4)C(=O)N3c3ccccc3)o2)cc1. The van der Waals surface area contributed by atoms with E-state index in [1.54, 1.807) is 11.1 Å². The van der Waals surface area contributed by atoms with Gasteiger partial charge in [0.2, 0.25) is 5.91 Å². The van der Waals surface area contributed by atoms with E-state index < -0.39 is 0 Å². The van der Waals surface area contributed by atoms with Gasteiger partial charge >= 0.3 is 0 Å². The van der Waals surface area contributed by atoms with Crippen molar-refractivity contribution in [3.63, 3.8) is 0 Å². The number of nitrogens with zero attached hydrogens (tertiary/aromatic N) is 3. The fourth-order valence-electron chi connectivity index (χ4n) is 3.74. The molecular formula is C28H23N3O2S. The van der Waals surface area contributed by atoms with E-state index in [2.05, 4.69) is 29.3 Å². The van der Waals surface area contributed by atoms with Gasteiger partial charge in [0.05, 0.1) is 17.2 Å². The second-order valence-corrected chi connectivity index (χ2v) is 9.17. The number of para-hydroxylation sites is 1. The zero-order chi connectivity index (χ0) is 23.3. The third-order valence-corrected chi connectivity index (χ3v) is 6.63. The third-order valence-electron chi connectivity index (χ3n) is 5.50. The van der Waals surface area contributed by atoms with Gasteiger partial charge in [-0.3, -0.25) is 9.69 Å². The molecule has 5 nitrogen and oxygen atoms in total. The summed E-state index contributed by atoms with van der Waals surface area (Å²) in [5.41, 5.74) is 4.10. The Bertz CT molecular complexity index is 1330. The average molecular weight is 466 g/mol. The lowest BCUT2D eigenvalue weighted by atomic mass is 10.1. The maximum Gasteiger partial charge on any atom is 0.247 e. The summed E-state index contributed by atoms with van der Waals surface area (Å²) in [5.74, 6) is 1.38. The first-order valence-corrected chi connectivity index (χ1v) is 11.9. The van der Waals surface area contributed by atoms with Crippen molar-refractivity contribution in [1.82, 2.24) is 0 Å². The molecule has 1 aliphatic heterocycles. The summed E-state index contributed by atoms with van der Waals surface area (Å²) in [6.07, 6.45) is 2.21. The van der Waals surface area contributed by atoms with Gasteiger partial charge in [-0.25, -0.2) is 0 Å². The number of hydrogen-bond acceptors (Lipinski definition) is 5. The van der Waals surface area contributed by atoms with Gasteiger partial charge in [-0.2, -0.15) is 5.10 Å². The van der Waals surface area contributed by atoms with E-state index in [1.165, 1.54) is 17.3 Å². The van der Waals surface area contributed by atoms with Crippen LogP contribution in [-0.4, -0.2) is 22.5 Å². The van der Waals surface area contributed by atoms with E-state index in [0.29, 0.717) is 17.3 Å². The van der Waals surface area contributed by atoms with Crippen LogP contribution >= 0.6 is 11.8 Å². The van der Waals surface area contributed by atoms with E-state index in [0.717, 1.165) is 22.6 Å². The topological polar surface area (TPSA) is 58.2 Å². The van der Waals surface area contributed by atoms with Crippen LogP contribution in [0.25, 0.3) is 11.3 Å². The Balaban J connectivity index is 1.37. The minimum Gasteiger partial charge on any atom is -0.455 e. The molecule has 1 aliphatic rings. The molecule has 2 heterocycles. The molecule has 1 amide bonds. The number of anilines is 1. The monoisotopic (exact) mass is 465 g/mol. The van der Waals surface area contributed by atoms with E-state index in [9.17, 15) is 4.79 Å². The Morgan fingerprint density at radius 2 is 1.62 bits per heavy atom. The molecule has 1 aromatic heterocycles. The summed E-state index contributed by atoms with van der Waals surface area (Å²) >= 11 is 1.44. The molecule has 1 fully saturated rings. The van der Waals surface area contributed by atoms with Crippen LogP contribution in [0.4, 0.5) is 5.69 Å². The predicted molar refractivity (Wildman–Crippen MR) is 139 cm³/mol. The highest BCUT2D eigenvalue weighted by Gasteiger charge is 2.39. The Morgan fingerprint density at radius 3 is 2.35 bits per heavy atom. The van der Waals surface area contributed by atoms with Crippen molar-refractivity contribution in [3.05, 3.63) is 114 Å². The van der Waals surface area contributed by atoms with Crippen molar-refractivity contribution < 1.29 is 9.21 Å². The second-order valence-electron chi connectivity index (χ2n) is 8.00. The zero-order valence-corrected chi connectivity index (χ0v) is 19.5. The Labute approximate surface area is 202 Å². The van der Waals surface area contributed by atoms with Crippen molar-refractivity contribution in [3.8, 4) is 11.3 Å². The summed E-state index contributed by atoms with van der Waals surface area (Å²) in [7, 11) is 0. The molecule has 5 rings (SSSR count). The molecule has 1 unspecified atom stereocenters. The molecule has 4 aromatic rings. The zero-order valence-electron chi connectivity index (χ0n) is 18.7. The van der Waals surface area contributed by atoms with Crippen LogP contribution < -0.4 is 4.90 Å². The number of hydrogen-bond donors (Lipinski definition) is 0. The van der Waals surface area contributed by atoms with Crippen LogP contribution in [0.3, 0.4) is 0 Å². The van der Waals surface area contributed by atoms with Gasteiger partial charge < -0.3 is 4.42 Å². The minimum absolute atomic E-state index is 0.00802. The highest BCUT2D eigenvalue weighted by atomic mass is 32.2. The van der Waals surface area contributed by atoms with Gasteiger partial charge in [-0.1, -0.05) is 90.1 Å². The first kappa shape index (κ1) is 21.9. The fourth-order valence-corrected chi connectivity index (χ4v) is 4.87. The van der Waals surface area contributed by atoms with E-state index in [-0.39, 0.29) is 11.2 Å². The maximum atomic E-state index is 13.3. The van der Waals surface area contributed by atoms with Gasteiger partial charge in [0, 0.05) is 5.56 Å². The molecule has 168 valence electrons. The van der Waals surface area contributed by atoms with Crippen molar-refractivity contribution in [2.24, 2.45) is 10.2 Å². The lowest BCUT2D eigenvalue weighted by molar-refractivity contribution is -0.116. The van der Waals surface area contributed by atoms with Crippen molar-refractivity contribution >= 4 is 34.7 Å². The molecule has 0 bridgehead atoms. The fraction of sp³-hybridized carbons (Fsp3) is 0.107. The molecule has 0 saturated carbocycles. The van der Waals surface area contributed by atoms with E-state index in [4.69, 9.17) is 4.42 Å². The number of amidine groups is 1. The van der Waals surface area contributed by atoms with E-state index >= 15 is 0 Å². The smallest absolute Gasteiger partial charge is 0.247 e. The number of carbonyl (C=O) groups is 1. The number of amides is 1. The van der Waals surface area contributed by atoms with Crippen molar-refractivity contribution in [2.75, 3.05) is 4.90 Å². The quantitative estimate of drug-likeness (QED) is 0.247. The standard InChI is InChI=1S/C28H23N3O2S/c1-20-12-14-22(15-13-20)25-17-16-24(33-25)19-29-30-28-31(23-10-6-3-7-11-23)27(32)26(34-28)18-21-8-4-2-5-9-21/h2-17,19,26H,18H2,1H3. The highest BCUT2D eigenvalue weighted by molar-refractivity contribution is 8.16. The molecule has 3 aromatic carbocycles. The number of rotatable bonds is 6. The second kappa shape index (κ2) is 9.93. The predicted octanol–water partition coefficient (Wildman–Crippen LogP) is 6.34. The third kappa shape index (κ3) is 4.87.